The molecule has 43 heavy (non-hydrogen) atoms. The first kappa shape index (κ1) is 28.6. The molecular formula is C34H35FN2O6. The fraction of sp³-hybridized carbons (Fsp3) is 0.353. The van der Waals surface area contributed by atoms with E-state index in [4.69, 9.17) is 14.2 Å². The number of carbonyl (C=O) groups is 2. The van der Waals surface area contributed by atoms with Crippen LogP contribution in [0.3, 0.4) is 0 Å². The maximum absolute atomic E-state index is 14.0. The zero-order valence-electron chi connectivity index (χ0n) is 24.3. The van der Waals surface area contributed by atoms with Crippen LogP contribution in [0.2, 0.25) is 0 Å². The molecule has 0 radical (unpaired) electrons. The van der Waals surface area contributed by atoms with Gasteiger partial charge >= 0.3 is 5.97 Å². The minimum atomic E-state index is -1.05. The summed E-state index contributed by atoms with van der Waals surface area (Å²) in [6.07, 6.45) is 5.83. The fourth-order valence-electron chi connectivity index (χ4n) is 6.53. The Balaban J connectivity index is 1.40. The van der Waals surface area contributed by atoms with Crippen molar-refractivity contribution in [1.82, 2.24) is 9.88 Å². The maximum atomic E-state index is 14.0. The van der Waals surface area contributed by atoms with Gasteiger partial charge in [-0.15, -0.1) is 0 Å². The van der Waals surface area contributed by atoms with Gasteiger partial charge in [-0.3, -0.25) is 4.79 Å². The highest BCUT2D eigenvalue weighted by Gasteiger charge is 2.30. The van der Waals surface area contributed by atoms with Crippen LogP contribution in [-0.4, -0.2) is 48.4 Å². The number of esters is 1. The molecule has 2 aliphatic rings. The molecule has 6 rings (SSSR count). The molecule has 3 aromatic carbocycles. The number of ether oxygens (including phenoxy) is 3. The molecule has 1 unspecified atom stereocenters. The number of hydrogen-bond acceptors (Lipinski definition) is 6. The number of aromatic nitrogens is 1. The first-order chi connectivity index (χ1) is 20.9. The average molecular weight is 587 g/mol. The van der Waals surface area contributed by atoms with Gasteiger partial charge in [0.25, 0.3) is 5.91 Å². The second-order valence-corrected chi connectivity index (χ2v) is 11.2. The molecule has 2 heterocycles. The van der Waals surface area contributed by atoms with Gasteiger partial charge in [0.2, 0.25) is 0 Å². The zero-order valence-corrected chi connectivity index (χ0v) is 24.3. The number of fused-ring (bicyclic) bond motifs is 5. The first-order valence-electron chi connectivity index (χ1n) is 14.7. The summed E-state index contributed by atoms with van der Waals surface area (Å²) in [5.74, 6) is -0.468. The van der Waals surface area contributed by atoms with Gasteiger partial charge in [-0.2, -0.15) is 0 Å². The standard InChI is InChI=1S/C34H35FN2O6/c1-41-23-10-12-25-30(19-23)43-15-14-37-28-18-22(9-11-24(28)31(32(25)37)21-6-4-3-5-7-21)33(39)36-27(34(40)42-2)17-20-8-13-29(38)26(35)16-20/h8-13,16,18-19,21,27,38H,3-7,14-15,17H2,1-2H3,(H,36,39). The highest BCUT2D eigenvalue weighted by atomic mass is 19.1. The Hall–Kier alpha value is -4.53. The monoisotopic (exact) mass is 586 g/mol. The van der Waals surface area contributed by atoms with Crippen molar-refractivity contribution < 1.29 is 33.3 Å². The van der Waals surface area contributed by atoms with Crippen molar-refractivity contribution in [3.05, 3.63) is 77.1 Å². The van der Waals surface area contributed by atoms with E-state index in [1.807, 2.05) is 24.3 Å². The lowest BCUT2D eigenvalue weighted by atomic mass is 9.81. The van der Waals surface area contributed by atoms with Crippen LogP contribution in [-0.2, 0) is 22.5 Å². The number of carbonyl (C=O) groups excluding carboxylic acids is 2. The quantitative estimate of drug-likeness (QED) is 0.254. The second kappa shape index (κ2) is 12.0. The Morgan fingerprint density at radius 2 is 1.88 bits per heavy atom. The van der Waals surface area contributed by atoms with Crippen molar-refractivity contribution in [2.75, 3.05) is 20.8 Å². The number of phenols is 1. The third-order valence-electron chi connectivity index (χ3n) is 8.64. The van der Waals surface area contributed by atoms with Gasteiger partial charge < -0.3 is 29.2 Å². The van der Waals surface area contributed by atoms with Crippen LogP contribution in [0.15, 0.2) is 54.6 Å². The van der Waals surface area contributed by atoms with Crippen LogP contribution in [0.4, 0.5) is 4.39 Å². The summed E-state index contributed by atoms with van der Waals surface area (Å²) in [5, 5.41) is 13.4. The molecule has 1 aliphatic carbocycles. The van der Waals surface area contributed by atoms with E-state index >= 15 is 0 Å². The van der Waals surface area contributed by atoms with Gasteiger partial charge in [0.05, 0.1) is 26.5 Å². The molecule has 1 amide bonds. The normalized spacial score (nSPS) is 15.5. The van der Waals surface area contributed by atoms with Crippen LogP contribution < -0.4 is 14.8 Å². The minimum absolute atomic E-state index is 0.00178. The Morgan fingerprint density at radius 3 is 2.63 bits per heavy atom. The first-order valence-corrected chi connectivity index (χ1v) is 14.7. The van der Waals surface area contributed by atoms with Gasteiger partial charge in [-0.1, -0.05) is 31.4 Å². The number of nitrogens with one attached hydrogen (secondary N) is 1. The molecule has 1 atom stereocenters. The van der Waals surface area contributed by atoms with E-state index in [-0.39, 0.29) is 6.42 Å². The average Bonchev–Trinajstić information content (AvgIpc) is 3.23. The lowest BCUT2D eigenvalue weighted by Crippen LogP contribution is -2.43. The summed E-state index contributed by atoms with van der Waals surface area (Å²) < 4.78 is 32.8. The molecule has 9 heteroatoms. The van der Waals surface area contributed by atoms with Gasteiger partial charge in [-0.25, -0.2) is 9.18 Å². The molecule has 2 N–H and O–H groups in total. The molecule has 8 nitrogen and oxygen atoms in total. The fourth-order valence-corrected chi connectivity index (χ4v) is 6.53. The number of rotatable bonds is 7. The summed E-state index contributed by atoms with van der Waals surface area (Å²) in [4.78, 5) is 26.2. The molecule has 1 aliphatic heterocycles. The summed E-state index contributed by atoms with van der Waals surface area (Å²) in [7, 11) is 2.88. The molecule has 224 valence electrons. The van der Waals surface area contributed by atoms with Crippen LogP contribution in [0.5, 0.6) is 17.2 Å². The second-order valence-electron chi connectivity index (χ2n) is 11.2. The third-order valence-corrected chi connectivity index (χ3v) is 8.64. The van der Waals surface area contributed by atoms with Crippen LogP contribution in [0.1, 0.15) is 59.5 Å². The van der Waals surface area contributed by atoms with Crippen LogP contribution in [0, 0.1) is 5.82 Å². The van der Waals surface area contributed by atoms with Crippen LogP contribution >= 0.6 is 0 Å². The number of methoxy groups -OCH3 is 2. The van der Waals surface area contributed by atoms with E-state index in [0.717, 1.165) is 52.6 Å². The number of halogens is 1. The summed E-state index contributed by atoms with van der Waals surface area (Å²) in [5.41, 5.74) is 5.19. The molecule has 0 saturated heterocycles. The van der Waals surface area contributed by atoms with Crippen molar-refractivity contribution in [1.29, 1.82) is 0 Å². The molecule has 1 fully saturated rings. The number of aromatic hydroxyl groups is 1. The Labute approximate surface area is 249 Å². The summed E-state index contributed by atoms with van der Waals surface area (Å²) in [6, 6.07) is 14.4. The topological polar surface area (TPSA) is 99.0 Å². The van der Waals surface area contributed by atoms with E-state index in [0.29, 0.717) is 30.2 Å². The van der Waals surface area contributed by atoms with Crippen LogP contribution in [0.25, 0.3) is 22.2 Å². The molecule has 1 aromatic heterocycles. The Morgan fingerprint density at radius 1 is 1.07 bits per heavy atom. The lowest BCUT2D eigenvalue weighted by molar-refractivity contribution is -0.142. The van der Waals surface area contributed by atoms with Crippen molar-refractivity contribution in [2.45, 2.75) is 57.0 Å². The van der Waals surface area contributed by atoms with E-state index < -0.39 is 29.5 Å². The Kier molecular flexibility index (Phi) is 7.97. The largest absolute Gasteiger partial charge is 0.505 e. The maximum Gasteiger partial charge on any atom is 0.328 e. The van der Waals surface area contributed by atoms with Crippen molar-refractivity contribution in [3.63, 3.8) is 0 Å². The zero-order chi connectivity index (χ0) is 30.1. The highest BCUT2D eigenvalue weighted by molar-refractivity contribution is 6.02. The number of benzene rings is 3. The third kappa shape index (κ3) is 5.51. The summed E-state index contributed by atoms with van der Waals surface area (Å²) in [6.45, 7) is 1.07. The molecular weight excluding hydrogens is 551 g/mol. The van der Waals surface area contributed by atoms with Crippen molar-refractivity contribution in [2.24, 2.45) is 0 Å². The van der Waals surface area contributed by atoms with Crippen molar-refractivity contribution >= 4 is 22.8 Å². The summed E-state index contributed by atoms with van der Waals surface area (Å²) >= 11 is 0. The number of amides is 1. The van der Waals surface area contributed by atoms with Gasteiger partial charge in [0.15, 0.2) is 11.6 Å². The smallest absolute Gasteiger partial charge is 0.328 e. The van der Waals surface area contributed by atoms with E-state index in [9.17, 15) is 19.1 Å². The number of hydrogen-bond donors (Lipinski definition) is 2. The molecule has 4 aromatic rings. The predicted octanol–water partition coefficient (Wildman–Crippen LogP) is 6.12. The van der Waals surface area contributed by atoms with Gasteiger partial charge in [0, 0.05) is 34.5 Å². The lowest BCUT2D eigenvalue weighted by Gasteiger charge is -2.23. The van der Waals surface area contributed by atoms with Crippen molar-refractivity contribution in [3.8, 4) is 28.5 Å². The van der Waals surface area contributed by atoms with E-state index in [1.165, 1.54) is 44.1 Å². The predicted molar refractivity (Wildman–Crippen MR) is 160 cm³/mol. The Bertz CT molecular complexity index is 1690. The van der Waals surface area contributed by atoms with Gasteiger partial charge in [0.1, 0.15) is 24.1 Å². The minimum Gasteiger partial charge on any atom is -0.505 e. The van der Waals surface area contributed by atoms with Gasteiger partial charge in [-0.05, 0) is 66.3 Å². The van der Waals surface area contributed by atoms with E-state index in [1.54, 1.807) is 13.2 Å². The molecule has 0 spiro atoms. The molecule has 0 bridgehead atoms. The SMILES string of the molecule is COC(=O)C(Cc1ccc(O)c(F)c1)NC(=O)c1ccc2c(C3CCCCC3)c3n(c2c1)CCOc1cc(OC)ccc1-3. The number of phenolic OH excluding ortho intramolecular Hbond substituents is 1. The van der Waals surface area contributed by atoms with E-state index in [2.05, 4.69) is 16.0 Å². The highest BCUT2D eigenvalue weighted by Crippen LogP contribution is 2.47. The molecule has 1 saturated carbocycles. The number of nitrogens with zero attached hydrogens (tertiary/aromatic N) is 1.